The second-order valence-electron chi connectivity index (χ2n) is 5.99. The van der Waals surface area contributed by atoms with Gasteiger partial charge in [0, 0.05) is 19.5 Å². The van der Waals surface area contributed by atoms with E-state index in [0.29, 0.717) is 26.3 Å². The van der Waals surface area contributed by atoms with E-state index in [1.807, 2.05) is 34.6 Å². The van der Waals surface area contributed by atoms with Crippen LogP contribution in [0.15, 0.2) is 0 Å². The molecule has 1 heterocycles. The Morgan fingerprint density at radius 2 is 1.89 bits per heavy atom. The Morgan fingerprint density at radius 1 is 1.32 bits per heavy atom. The molecule has 0 bridgehead atoms. The number of amides is 1. The Balaban J connectivity index is 2.34. The molecule has 1 aliphatic rings. The third kappa shape index (κ3) is 5.78. The predicted molar refractivity (Wildman–Crippen MR) is 73.0 cm³/mol. The Kier molecular flexibility index (Phi) is 5.62. The second kappa shape index (κ2) is 6.57. The molecule has 0 aromatic carbocycles. The molecule has 0 aliphatic carbocycles. The number of nitrogens with zero attached hydrogens (tertiary/aromatic N) is 1. The van der Waals surface area contributed by atoms with Crippen LogP contribution < -0.4 is 0 Å². The smallest absolute Gasteiger partial charge is 0.410 e. The van der Waals surface area contributed by atoms with Crippen molar-refractivity contribution in [3.05, 3.63) is 0 Å². The minimum absolute atomic E-state index is 0.256. The normalized spacial score (nSPS) is 18.4. The van der Waals surface area contributed by atoms with E-state index in [1.165, 1.54) is 0 Å². The zero-order valence-corrected chi connectivity index (χ0v) is 12.8. The monoisotopic (exact) mass is 273 g/mol. The van der Waals surface area contributed by atoms with Crippen LogP contribution in [0.3, 0.4) is 0 Å². The molecule has 0 radical (unpaired) electrons. The minimum Gasteiger partial charge on any atom is -0.444 e. The van der Waals surface area contributed by atoms with Crippen molar-refractivity contribution in [3.63, 3.8) is 0 Å². The van der Waals surface area contributed by atoms with Gasteiger partial charge in [-0.1, -0.05) is 0 Å². The van der Waals surface area contributed by atoms with E-state index in [4.69, 9.17) is 14.2 Å². The number of carbonyl (C=O) groups excluding carboxylic acids is 1. The highest BCUT2D eigenvalue weighted by Crippen LogP contribution is 2.24. The molecule has 1 aliphatic heterocycles. The largest absolute Gasteiger partial charge is 0.444 e. The zero-order valence-electron chi connectivity index (χ0n) is 12.8. The standard InChI is InChI=1S/C14H27NO4/c1-6-15(12(16)19-13(2,3)4)9-7-8-14(5)17-10-11-18-14/h6-11H2,1-5H3. The topological polar surface area (TPSA) is 48.0 Å². The molecule has 1 fully saturated rings. The van der Waals surface area contributed by atoms with Gasteiger partial charge in [-0.25, -0.2) is 4.79 Å². The van der Waals surface area contributed by atoms with Crippen molar-refractivity contribution in [3.8, 4) is 0 Å². The first-order chi connectivity index (χ1) is 8.76. The summed E-state index contributed by atoms with van der Waals surface area (Å²) in [7, 11) is 0. The number of rotatable bonds is 5. The molecule has 1 amide bonds. The van der Waals surface area contributed by atoms with Crippen LogP contribution in [0.2, 0.25) is 0 Å². The lowest BCUT2D eigenvalue weighted by Gasteiger charge is -2.28. The van der Waals surface area contributed by atoms with Gasteiger partial charge in [0.25, 0.3) is 0 Å². The van der Waals surface area contributed by atoms with Gasteiger partial charge in [0.1, 0.15) is 5.60 Å². The summed E-state index contributed by atoms with van der Waals surface area (Å²) in [6, 6.07) is 0. The first kappa shape index (κ1) is 16.2. The molecule has 0 saturated carbocycles. The van der Waals surface area contributed by atoms with E-state index >= 15 is 0 Å². The molecule has 0 aromatic heterocycles. The van der Waals surface area contributed by atoms with Crippen molar-refractivity contribution in [2.24, 2.45) is 0 Å². The molecule has 5 nitrogen and oxygen atoms in total. The van der Waals surface area contributed by atoms with Crippen LogP contribution in [0.4, 0.5) is 4.79 Å². The van der Waals surface area contributed by atoms with Crippen molar-refractivity contribution in [1.82, 2.24) is 4.90 Å². The van der Waals surface area contributed by atoms with Crippen LogP contribution in [-0.4, -0.2) is 48.7 Å². The van der Waals surface area contributed by atoms with Crippen LogP contribution >= 0.6 is 0 Å². The fraction of sp³-hybridized carbons (Fsp3) is 0.929. The molecular weight excluding hydrogens is 246 g/mol. The van der Waals surface area contributed by atoms with Gasteiger partial charge in [0.15, 0.2) is 5.79 Å². The van der Waals surface area contributed by atoms with E-state index in [-0.39, 0.29) is 6.09 Å². The molecule has 1 saturated heterocycles. The van der Waals surface area contributed by atoms with E-state index in [9.17, 15) is 4.79 Å². The highest BCUT2D eigenvalue weighted by molar-refractivity contribution is 5.68. The minimum atomic E-state index is -0.479. The number of carbonyl (C=O) groups is 1. The molecule has 0 atom stereocenters. The second-order valence-corrected chi connectivity index (χ2v) is 5.99. The summed E-state index contributed by atoms with van der Waals surface area (Å²) in [6.45, 7) is 12.1. The van der Waals surface area contributed by atoms with Crippen molar-refractivity contribution < 1.29 is 19.0 Å². The lowest BCUT2D eigenvalue weighted by Crippen LogP contribution is -2.38. The first-order valence-corrected chi connectivity index (χ1v) is 7.01. The fourth-order valence-corrected chi connectivity index (χ4v) is 2.00. The average molecular weight is 273 g/mol. The van der Waals surface area contributed by atoms with Crippen molar-refractivity contribution in [2.45, 2.75) is 58.8 Å². The summed E-state index contributed by atoms with van der Waals surface area (Å²) < 4.78 is 16.4. The lowest BCUT2D eigenvalue weighted by molar-refractivity contribution is -0.147. The van der Waals surface area contributed by atoms with Gasteiger partial charge < -0.3 is 19.1 Å². The number of hydrogen-bond donors (Lipinski definition) is 0. The fourth-order valence-electron chi connectivity index (χ4n) is 2.00. The Labute approximate surface area is 116 Å². The molecule has 19 heavy (non-hydrogen) atoms. The van der Waals surface area contributed by atoms with E-state index < -0.39 is 11.4 Å². The Bertz CT molecular complexity index is 292. The Morgan fingerprint density at radius 3 is 2.37 bits per heavy atom. The van der Waals surface area contributed by atoms with Gasteiger partial charge in [0.05, 0.1) is 13.2 Å². The van der Waals surface area contributed by atoms with E-state index in [0.717, 1.165) is 12.8 Å². The van der Waals surface area contributed by atoms with Gasteiger partial charge in [0.2, 0.25) is 0 Å². The first-order valence-electron chi connectivity index (χ1n) is 7.01. The van der Waals surface area contributed by atoms with Crippen LogP contribution in [0.1, 0.15) is 47.5 Å². The van der Waals surface area contributed by atoms with Crippen molar-refractivity contribution in [2.75, 3.05) is 26.3 Å². The van der Waals surface area contributed by atoms with Crippen molar-refractivity contribution >= 4 is 6.09 Å². The zero-order chi connectivity index (χ0) is 14.5. The number of ether oxygens (including phenoxy) is 3. The summed E-state index contributed by atoms with van der Waals surface area (Å²) in [5.41, 5.74) is -0.450. The highest BCUT2D eigenvalue weighted by atomic mass is 16.7. The molecule has 5 heteroatoms. The average Bonchev–Trinajstić information content (AvgIpc) is 2.69. The molecule has 0 spiro atoms. The quantitative estimate of drug-likeness (QED) is 0.773. The number of hydrogen-bond acceptors (Lipinski definition) is 4. The summed E-state index contributed by atoms with van der Waals surface area (Å²) in [6.07, 6.45) is 1.36. The molecule has 0 N–H and O–H groups in total. The van der Waals surface area contributed by atoms with Crippen LogP contribution in [0, 0.1) is 0 Å². The maximum absolute atomic E-state index is 11.9. The molecule has 112 valence electrons. The third-order valence-electron chi connectivity index (χ3n) is 2.99. The van der Waals surface area contributed by atoms with Crippen molar-refractivity contribution in [1.29, 1.82) is 0 Å². The molecule has 1 rings (SSSR count). The van der Waals surface area contributed by atoms with E-state index in [2.05, 4.69) is 0 Å². The maximum atomic E-state index is 11.9. The molecule has 0 aromatic rings. The van der Waals surface area contributed by atoms with Gasteiger partial charge >= 0.3 is 6.09 Å². The highest BCUT2D eigenvalue weighted by Gasteiger charge is 2.30. The van der Waals surface area contributed by atoms with E-state index in [1.54, 1.807) is 4.90 Å². The SMILES string of the molecule is CCN(CCCC1(C)OCCO1)C(=O)OC(C)(C)C. The molecule has 0 unspecified atom stereocenters. The summed E-state index contributed by atoms with van der Waals surface area (Å²) >= 11 is 0. The lowest BCUT2D eigenvalue weighted by atomic mass is 10.1. The summed E-state index contributed by atoms with van der Waals surface area (Å²) in [4.78, 5) is 13.6. The van der Waals surface area contributed by atoms with Gasteiger partial charge in [-0.15, -0.1) is 0 Å². The van der Waals surface area contributed by atoms with Gasteiger partial charge in [-0.05, 0) is 41.0 Å². The third-order valence-corrected chi connectivity index (χ3v) is 2.99. The Hall–Kier alpha value is -0.810. The predicted octanol–water partition coefficient (Wildman–Crippen LogP) is 2.79. The van der Waals surface area contributed by atoms with Gasteiger partial charge in [-0.2, -0.15) is 0 Å². The summed E-state index contributed by atoms with van der Waals surface area (Å²) in [5.74, 6) is -0.479. The van der Waals surface area contributed by atoms with Crippen LogP contribution in [-0.2, 0) is 14.2 Å². The van der Waals surface area contributed by atoms with Crippen LogP contribution in [0.5, 0.6) is 0 Å². The maximum Gasteiger partial charge on any atom is 0.410 e. The summed E-state index contributed by atoms with van der Waals surface area (Å²) in [5, 5.41) is 0. The van der Waals surface area contributed by atoms with Crippen LogP contribution in [0.25, 0.3) is 0 Å². The van der Waals surface area contributed by atoms with Gasteiger partial charge in [-0.3, -0.25) is 0 Å². The molecular formula is C14H27NO4.